The number of hydrogen-bond donors (Lipinski definition) is 0. The zero-order chi connectivity index (χ0) is 22.5. The van der Waals surface area contributed by atoms with Gasteiger partial charge < -0.3 is 13.9 Å². The lowest BCUT2D eigenvalue weighted by atomic mass is 10.2. The molecule has 3 aromatic heterocycles. The van der Waals surface area contributed by atoms with Crippen LogP contribution in [0.4, 0.5) is 4.39 Å². The minimum Gasteiger partial charge on any atom is -0.418 e. The first-order valence-electron chi connectivity index (χ1n) is 9.97. The number of aromatic nitrogens is 5. The highest BCUT2D eigenvalue weighted by Crippen LogP contribution is 2.25. The summed E-state index contributed by atoms with van der Waals surface area (Å²) in [4.78, 5) is 15.5. The lowest BCUT2D eigenvalue weighted by molar-refractivity contribution is -0.129. The summed E-state index contributed by atoms with van der Waals surface area (Å²) in [6.45, 7) is 2.84. The van der Waals surface area contributed by atoms with Gasteiger partial charge in [0.15, 0.2) is 11.0 Å². The van der Waals surface area contributed by atoms with Gasteiger partial charge in [-0.05, 0) is 42.1 Å². The molecule has 1 amide bonds. The molecule has 0 N–H and O–H groups in total. The summed E-state index contributed by atoms with van der Waals surface area (Å²) >= 11 is 2.82. The number of benzene rings is 1. The number of rotatable bonds is 9. The fourth-order valence-corrected chi connectivity index (χ4v) is 4.51. The highest BCUT2D eigenvalue weighted by atomic mass is 32.2. The molecule has 0 saturated carbocycles. The minimum atomic E-state index is -0.309. The largest absolute Gasteiger partial charge is 0.418 e. The second kappa shape index (κ2) is 10.0. The molecule has 0 aliphatic carbocycles. The molecule has 1 aromatic carbocycles. The van der Waals surface area contributed by atoms with E-state index in [1.165, 1.54) is 35.2 Å². The fraction of sp³-hybridized carbons (Fsp3) is 0.286. The maximum absolute atomic E-state index is 13.2. The Bertz CT molecular complexity index is 1170. The van der Waals surface area contributed by atoms with E-state index in [0.717, 1.165) is 16.9 Å². The molecule has 11 heteroatoms. The molecule has 4 rings (SSSR count). The van der Waals surface area contributed by atoms with Gasteiger partial charge in [0, 0.05) is 19.2 Å². The Hall–Kier alpha value is -3.05. The third-order valence-electron chi connectivity index (χ3n) is 4.63. The van der Waals surface area contributed by atoms with Crippen LogP contribution in [0.3, 0.4) is 0 Å². The number of amides is 1. The molecular formula is C21H21FN6O2S2. The van der Waals surface area contributed by atoms with Gasteiger partial charge in [-0.2, -0.15) is 0 Å². The normalized spacial score (nSPS) is 11.1. The van der Waals surface area contributed by atoms with Crippen LogP contribution < -0.4 is 0 Å². The summed E-state index contributed by atoms with van der Waals surface area (Å²) in [5.74, 6) is 1.30. The van der Waals surface area contributed by atoms with Gasteiger partial charge in [-0.15, -0.1) is 31.7 Å². The molecule has 0 fully saturated rings. The SMILES string of the molecule is CCCN(Cc1nnc(-c2cccs2)o1)C(=O)CSc1nnc(-c2ccc(F)cc2)n1C. The monoisotopic (exact) mass is 472 g/mol. The summed E-state index contributed by atoms with van der Waals surface area (Å²) < 4.78 is 20.7. The zero-order valence-corrected chi connectivity index (χ0v) is 19.2. The fourth-order valence-electron chi connectivity index (χ4n) is 3.05. The Kier molecular flexibility index (Phi) is 6.96. The van der Waals surface area contributed by atoms with Crippen LogP contribution in [-0.4, -0.2) is 48.1 Å². The first-order chi connectivity index (χ1) is 15.5. The van der Waals surface area contributed by atoms with Crippen molar-refractivity contribution in [2.45, 2.75) is 25.0 Å². The van der Waals surface area contributed by atoms with Crippen molar-refractivity contribution in [3.05, 3.63) is 53.5 Å². The number of carbonyl (C=O) groups excluding carboxylic acids is 1. The summed E-state index contributed by atoms with van der Waals surface area (Å²) in [5, 5.41) is 19.1. The lowest BCUT2D eigenvalue weighted by Crippen LogP contribution is -2.32. The Labute approximate surface area is 192 Å². The van der Waals surface area contributed by atoms with Gasteiger partial charge in [0.25, 0.3) is 5.89 Å². The standard InChI is InChI=1S/C21H21FN6O2S2/c1-3-10-28(12-17-23-25-20(30-17)16-5-4-11-31-16)18(29)13-32-21-26-24-19(27(21)2)14-6-8-15(22)9-7-14/h4-9,11H,3,10,12-13H2,1-2H3. The van der Waals surface area contributed by atoms with Crippen molar-refractivity contribution in [1.29, 1.82) is 0 Å². The molecule has 4 aromatic rings. The molecule has 0 spiro atoms. The van der Waals surface area contributed by atoms with E-state index in [1.807, 2.05) is 31.5 Å². The summed E-state index contributed by atoms with van der Waals surface area (Å²) in [6, 6.07) is 9.89. The van der Waals surface area contributed by atoms with Crippen LogP contribution in [0.25, 0.3) is 22.2 Å². The molecule has 0 bridgehead atoms. The molecule has 0 radical (unpaired) electrons. The number of halogens is 1. The van der Waals surface area contributed by atoms with E-state index < -0.39 is 0 Å². The number of nitrogens with zero attached hydrogens (tertiary/aromatic N) is 6. The maximum Gasteiger partial charge on any atom is 0.257 e. The van der Waals surface area contributed by atoms with Crippen LogP contribution in [0.2, 0.25) is 0 Å². The van der Waals surface area contributed by atoms with Gasteiger partial charge in [0.2, 0.25) is 11.8 Å². The van der Waals surface area contributed by atoms with Gasteiger partial charge in [-0.1, -0.05) is 24.8 Å². The van der Waals surface area contributed by atoms with Crippen LogP contribution in [0.15, 0.2) is 51.4 Å². The molecule has 0 unspecified atom stereocenters. The van der Waals surface area contributed by atoms with Gasteiger partial charge in [-0.3, -0.25) is 4.79 Å². The van der Waals surface area contributed by atoms with Crippen molar-refractivity contribution in [2.24, 2.45) is 7.05 Å². The Morgan fingerprint density at radius 1 is 1.19 bits per heavy atom. The number of thioether (sulfide) groups is 1. The minimum absolute atomic E-state index is 0.0564. The highest BCUT2D eigenvalue weighted by molar-refractivity contribution is 7.99. The van der Waals surface area contributed by atoms with E-state index in [0.29, 0.717) is 29.3 Å². The summed E-state index contributed by atoms with van der Waals surface area (Å²) in [5.41, 5.74) is 0.755. The lowest BCUT2D eigenvalue weighted by Gasteiger charge is -2.19. The van der Waals surface area contributed by atoms with Crippen molar-refractivity contribution in [2.75, 3.05) is 12.3 Å². The molecule has 0 atom stereocenters. The van der Waals surface area contributed by atoms with Crippen molar-refractivity contribution in [1.82, 2.24) is 29.9 Å². The van der Waals surface area contributed by atoms with Crippen LogP contribution >= 0.6 is 23.1 Å². The molecule has 8 nitrogen and oxygen atoms in total. The smallest absolute Gasteiger partial charge is 0.257 e. The predicted octanol–water partition coefficient (Wildman–Crippen LogP) is 4.26. The average Bonchev–Trinajstić information content (AvgIpc) is 3.54. The Balaban J connectivity index is 1.40. The van der Waals surface area contributed by atoms with Crippen molar-refractivity contribution < 1.29 is 13.6 Å². The van der Waals surface area contributed by atoms with Crippen molar-refractivity contribution in [3.63, 3.8) is 0 Å². The Morgan fingerprint density at radius 2 is 2.00 bits per heavy atom. The Morgan fingerprint density at radius 3 is 2.72 bits per heavy atom. The molecular weight excluding hydrogens is 451 g/mol. The quantitative estimate of drug-likeness (QED) is 0.336. The van der Waals surface area contributed by atoms with Crippen LogP contribution in [0.5, 0.6) is 0 Å². The van der Waals surface area contributed by atoms with Crippen molar-refractivity contribution >= 4 is 29.0 Å². The second-order valence-electron chi connectivity index (χ2n) is 6.95. The number of carbonyl (C=O) groups is 1. The third-order valence-corrected chi connectivity index (χ3v) is 6.50. The number of hydrogen-bond acceptors (Lipinski definition) is 8. The third kappa shape index (κ3) is 5.05. The molecule has 0 saturated heterocycles. The predicted molar refractivity (Wildman–Crippen MR) is 120 cm³/mol. The molecule has 0 aliphatic rings. The van der Waals surface area contributed by atoms with E-state index >= 15 is 0 Å². The van der Waals surface area contributed by atoms with Gasteiger partial charge in [0.05, 0.1) is 17.2 Å². The topological polar surface area (TPSA) is 89.9 Å². The zero-order valence-electron chi connectivity index (χ0n) is 17.6. The van der Waals surface area contributed by atoms with Gasteiger partial charge >= 0.3 is 0 Å². The van der Waals surface area contributed by atoms with E-state index in [2.05, 4.69) is 20.4 Å². The second-order valence-corrected chi connectivity index (χ2v) is 8.84. The summed E-state index contributed by atoms with van der Waals surface area (Å²) in [6.07, 6.45) is 0.807. The first kappa shape index (κ1) is 22.2. The van der Waals surface area contributed by atoms with Gasteiger partial charge in [-0.25, -0.2) is 4.39 Å². The first-order valence-corrected chi connectivity index (χ1v) is 11.8. The van der Waals surface area contributed by atoms with E-state index in [1.54, 1.807) is 21.6 Å². The average molecular weight is 473 g/mol. The molecule has 0 aliphatic heterocycles. The molecule has 3 heterocycles. The number of thiophene rings is 1. The highest BCUT2D eigenvalue weighted by Gasteiger charge is 2.20. The van der Waals surface area contributed by atoms with Crippen LogP contribution in [-0.2, 0) is 18.4 Å². The maximum atomic E-state index is 13.2. The van der Waals surface area contributed by atoms with E-state index in [9.17, 15) is 9.18 Å². The van der Waals surface area contributed by atoms with Crippen LogP contribution in [0, 0.1) is 5.82 Å². The van der Waals surface area contributed by atoms with Gasteiger partial charge in [0.1, 0.15) is 5.82 Å². The molecule has 32 heavy (non-hydrogen) atoms. The van der Waals surface area contributed by atoms with Crippen LogP contribution in [0.1, 0.15) is 19.2 Å². The van der Waals surface area contributed by atoms with E-state index in [4.69, 9.17) is 4.42 Å². The van der Waals surface area contributed by atoms with Crippen molar-refractivity contribution in [3.8, 4) is 22.2 Å². The summed E-state index contributed by atoms with van der Waals surface area (Å²) in [7, 11) is 1.82. The molecule has 166 valence electrons. The van der Waals surface area contributed by atoms with E-state index in [-0.39, 0.29) is 24.0 Å².